The summed E-state index contributed by atoms with van der Waals surface area (Å²) in [4.78, 5) is 26.9. The van der Waals surface area contributed by atoms with Crippen molar-refractivity contribution in [3.05, 3.63) is 58.4 Å². The second-order valence-corrected chi connectivity index (χ2v) is 4.55. The molecule has 0 atom stereocenters. The van der Waals surface area contributed by atoms with Crippen molar-refractivity contribution in [3.8, 4) is 0 Å². The van der Waals surface area contributed by atoms with Gasteiger partial charge in [-0.3, -0.25) is 9.78 Å². The van der Waals surface area contributed by atoms with Crippen LogP contribution in [0.25, 0.3) is 0 Å². The predicted octanol–water partition coefficient (Wildman–Crippen LogP) is 2.99. The molecule has 1 amide bonds. The summed E-state index contributed by atoms with van der Waals surface area (Å²) in [6.45, 7) is 1.69. The van der Waals surface area contributed by atoms with Gasteiger partial charge in [0.2, 0.25) is 0 Å². The smallest absolute Gasteiger partial charge is 0.336 e. The second-order valence-electron chi connectivity index (χ2n) is 4.14. The third-order valence-corrected chi connectivity index (χ3v) is 3.04. The number of carboxylic acid groups (broad SMARTS) is 1. The van der Waals surface area contributed by atoms with Crippen molar-refractivity contribution >= 4 is 29.2 Å². The molecule has 2 rings (SSSR count). The Bertz CT molecular complexity index is 686. The van der Waals surface area contributed by atoms with Crippen LogP contribution in [-0.2, 0) is 0 Å². The highest BCUT2D eigenvalue weighted by Crippen LogP contribution is 2.18. The van der Waals surface area contributed by atoms with Gasteiger partial charge in [0.1, 0.15) is 0 Å². The number of carbonyl (C=O) groups excluding carboxylic acids is 1. The second kappa shape index (κ2) is 5.71. The molecule has 0 aliphatic rings. The number of aromatic carboxylic acids is 1. The van der Waals surface area contributed by atoms with E-state index in [0.717, 1.165) is 0 Å². The minimum atomic E-state index is -1.04. The topological polar surface area (TPSA) is 79.3 Å². The molecule has 0 aliphatic heterocycles. The first kappa shape index (κ1) is 14.0. The van der Waals surface area contributed by atoms with Crippen LogP contribution in [0.15, 0.2) is 36.7 Å². The van der Waals surface area contributed by atoms with Gasteiger partial charge < -0.3 is 10.4 Å². The number of aromatic nitrogens is 1. The van der Waals surface area contributed by atoms with Gasteiger partial charge in [-0.25, -0.2) is 4.79 Å². The first-order valence-electron chi connectivity index (χ1n) is 5.74. The van der Waals surface area contributed by atoms with Crippen LogP contribution in [0.3, 0.4) is 0 Å². The van der Waals surface area contributed by atoms with E-state index in [1.807, 2.05) is 0 Å². The molecular formula is C14H11ClN2O3. The van der Waals surface area contributed by atoms with Gasteiger partial charge in [0.25, 0.3) is 5.91 Å². The quantitative estimate of drug-likeness (QED) is 0.911. The summed E-state index contributed by atoms with van der Waals surface area (Å²) in [5, 5.41) is 11.9. The summed E-state index contributed by atoms with van der Waals surface area (Å²) < 4.78 is 0. The lowest BCUT2D eigenvalue weighted by molar-refractivity contribution is 0.0695. The number of benzene rings is 1. The number of pyridine rings is 1. The molecule has 6 heteroatoms. The van der Waals surface area contributed by atoms with Crippen LogP contribution in [0.2, 0.25) is 5.02 Å². The van der Waals surface area contributed by atoms with Crippen molar-refractivity contribution in [2.75, 3.05) is 5.32 Å². The highest BCUT2D eigenvalue weighted by Gasteiger charge is 2.12. The fourth-order valence-electron chi connectivity index (χ4n) is 1.69. The Morgan fingerprint density at radius 2 is 2.00 bits per heavy atom. The number of hydrogen-bond donors (Lipinski definition) is 2. The van der Waals surface area contributed by atoms with Gasteiger partial charge in [-0.1, -0.05) is 17.7 Å². The van der Waals surface area contributed by atoms with Crippen molar-refractivity contribution in [1.82, 2.24) is 4.98 Å². The Morgan fingerprint density at radius 1 is 1.25 bits per heavy atom. The molecule has 102 valence electrons. The molecule has 0 radical (unpaired) electrons. The fraction of sp³-hybridized carbons (Fsp3) is 0.0714. The lowest BCUT2D eigenvalue weighted by Gasteiger charge is -2.08. The predicted molar refractivity (Wildman–Crippen MR) is 75.3 cm³/mol. The van der Waals surface area contributed by atoms with Gasteiger partial charge in [-0.05, 0) is 30.7 Å². The molecule has 1 heterocycles. The monoisotopic (exact) mass is 290 g/mol. The number of anilines is 1. The number of carbonyl (C=O) groups is 2. The van der Waals surface area contributed by atoms with Gasteiger partial charge >= 0.3 is 5.97 Å². The van der Waals surface area contributed by atoms with Crippen molar-refractivity contribution < 1.29 is 14.7 Å². The molecule has 20 heavy (non-hydrogen) atoms. The van der Waals surface area contributed by atoms with E-state index in [1.165, 1.54) is 24.5 Å². The van der Waals surface area contributed by atoms with Gasteiger partial charge in [-0.2, -0.15) is 0 Å². The van der Waals surface area contributed by atoms with Gasteiger partial charge in [0.05, 0.1) is 16.1 Å². The molecule has 1 aromatic carbocycles. The Labute approximate surface area is 120 Å². The van der Waals surface area contributed by atoms with Gasteiger partial charge in [0.15, 0.2) is 0 Å². The number of carboxylic acids is 1. The molecule has 2 aromatic rings. The van der Waals surface area contributed by atoms with Crippen molar-refractivity contribution in [2.24, 2.45) is 0 Å². The molecular weight excluding hydrogens is 280 g/mol. The van der Waals surface area contributed by atoms with E-state index in [-0.39, 0.29) is 16.1 Å². The van der Waals surface area contributed by atoms with Crippen molar-refractivity contribution in [2.45, 2.75) is 6.92 Å². The van der Waals surface area contributed by atoms with Crippen LogP contribution < -0.4 is 5.32 Å². The number of amides is 1. The minimum Gasteiger partial charge on any atom is -0.478 e. The standard InChI is InChI=1S/C14H11ClN2O3/c1-8-2-3-9(6-11(8)14(19)20)17-13(18)10-4-5-16-7-12(10)15/h2-7H,1H3,(H,17,18)(H,19,20). The number of hydrogen-bond acceptors (Lipinski definition) is 3. The fourth-order valence-corrected chi connectivity index (χ4v) is 1.89. The van der Waals surface area contributed by atoms with Crippen molar-refractivity contribution in [1.29, 1.82) is 0 Å². The summed E-state index contributed by atoms with van der Waals surface area (Å²) >= 11 is 5.87. The molecule has 0 unspecified atom stereocenters. The molecule has 2 N–H and O–H groups in total. The van der Waals surface area contributed by atoms with Crippen LogP contribution in [0.5, 0.6) is 0 Å². The van der Waals surface area contributed by atoms with Crippen LogP contribution in [-0.4, -0.2) is 22.0 Å². The highest BCUT2D eigenvalue weighted by atomic mass is 35.5. The van der Waals surface area contributed by atoms with Crippen LogP contribution in [0.1, 0.15) is 26.3 Å². The number of nitrogens with one attached hydrogen (secondary N) is 1. The van der Waals surface area contributed by atoms with Gasteiger partial charge in [0, 0.05) is 18.1 Å². The lowest BCUT2D eigenvalue weighted by atomic mass is 10.1. The van der Waals surface area contributed by atoms with E-state index >= 15 is 0 Å². The van der Waals surface area contributed by atoms with E-state index in [0.29, 0.717) is 11.3 Å². The molecule has 0 saturated heterocycles. The Hall–Kier alpha value is -2.40. The molecule has 0 aliphatic carbocycles. The van der Waals surface area contributed by atoms with E-state index in [1.54, 1.807) is 19.1 Å². The molecule has 5 nitrogen and oxygen atoms in total. The lowest BCUT2D eigenvalue weighted by Crippen LogP contribution is -2.13. The third kappa shape index (κ3) is 2.95. The third-order valence-electron chi connectivity index (χ3n) is 2.74. The number of rotatable bonds is 3. The highest BCUT2D eigenvalue weighted by molar-refractivity contribution is 6.34. The zero-order valence-electron chi connectivity index (χ0n) is 10.6. The normalized spacial score (nSPS) is 10.1. The zero-order valence-corrected chi connectivity index (χ0v) is 11.3. The Kier molecular flexibility index (Phi) is 4.00. The number of aryl methyl sites for hydroxylation is 1. The van der Waals surface area contributed by atoms with E-state index < -0.39 is 11.9 Å². The summed E-state index contributed by atoms with van der Waals surface area (Å²) in [7, 11) is 0. The summed E-state index contributed by atoms with van der Waals surface area (Å²) in [5.74, 6) is -1.46. The summed E-state index contributed by atoms with van der Waals surface area (Å²) in [6, 6.07) is 6.16. The number of nitrogens with zero attached hydrogens (tertiary/aromatic N) is 1. The summed E-state index contributed by atoms with van der Waals surface area (Å²) in [5.41, 5.74) is 1.44. The largest absolute Gasteiger partial charge is 0.478 e. The van der Waals surface area contributed by atoms with E-state index in [9.17, 15) is 9.59 Å². The molecule has 1 aromatic heterocycles. The summed E-state index contributed by atoms with van der Waals surface area (Å²) in [6.07, 6.45) is 2.83. The minimum absolute atomic E-state index is 0.142. The Morgan fingerprint density at radius 3 is 2.65 bits per heavy atom. The molecule has 0 saturated carbocycles. The van der Waals surface area contributed by atoms with E-state index in [4.69, 9.17) is 16.7 Å². The molecule has 0 spiro atoms. The first-order valence-corrected chi connectivity index (χ1v) is 6.11. The van der Waals surface area contributed by atoms with Gasteiger partial charge in [-0.15, -0.1) is 0 Å². The average Bonchev–Trinajstić information content (AvgIpc) is 2.41. The SMILES string of the molecule is Cc1ccc(NC(=O)c2ccncc2Cl)cc1C(=O)O. The average molecular weight is 291 g/mol. The maximum absolute atomic E-state index is 12.0. The maximum atomic E-state index is 12.0. The van der Waals surface area contributed by atoms with E-state index in [2.05, 4.69) is 10.3 Å². The number of halogens is 1. The first-order chi connectivity index (χ1) is 9.49. The van der Waals surface area contributed by atoms with Crippen LogP contribution >= 0.6 is 11.6 Å². The zero-order chi connectivity index (χ0) is 14.7. The van der Waals surface area contributed by atoms with Crippen LogP contribution in [0, 0.1) is 6.92 Å². The van der Waals surface area contributed by atoms with Crippen LogP contribution in [0.4, 0.5) is 5.69 Å². The maximum Gasteiger partial charge on any atom is 0.336 e. The Balaban J connectivity index is 2.27. The van der Waals surface area contributed by atoms with Crippen molar-refractivity contribution in [3.63, 3.8) is 0 Å². The molecule has 0 fully saturated rings. The molecule has 0 bridgehead atoms.